The van der Waals surface area contributed by atoms with E-state index in [1.807, 2.05) is 0 Å². The molecule has 0 saturated carbocycles. The van der Waals surface area contributed by atoms with Gasteiger partial charge in [-0.2, -0.15) is 0 Å². The number of hydrogen-bond donors (Lipinski definition) is 0. The van der Waals surface area contributed by atoms with Crippen LogP contribution in [0.1, 0.15) is 55.4 Å². The normalized spacial score (nSPS) is 30.0. The van der Waals surface area contributed by atoms with E-state index in [4.69, 9.17) is 52.1 Å². The van der Waals surface area contributed by atoms with Gasteiger partial charge in [0.15, 0.2) is 36.8 Å². The summed E-state index contributed by atoms with van der Waals surface area (Å²) in [4.78, 5) is 95.9. The van der Waals surface area contributed by atoms with Crippen LogP contribution in [0, 0.1) is 0 Å². The van der Waals surface area contributed by atoms with E-state index in [-0.39, 0.29) is 0 Å². The van der Waals surface area contributed by atoms with Gasteiger partial charge in [0, 0.05) is 55.4 Å². The molecule has 2 heterocycles. The molecule has 2 rings (SSSR count). The fourth-order valence-corrected chi connectivity index (χ4v) is 4.76. The summed E-state index contributed by atoms with van der Waals surface area (Å²) < 4.78 is 59.8. The highest BCUT2D eigenvalue weighted by atomic mass is 16.8. The molecule has 0 spiro atoms. The summed E-state index contributed by atoms with van der Waals surface area (Å²) in [6.45, 7) is 7.09. The molecule has 47 heavy (non-hydrogen) atoms. The Labute approximate surface area is 268 Å². The van der Waals surface area contributed by atoms with E-state index in [1.54, 1.807) is 0 Å². The number of rotatable bonds is 12. The summed E-state index contributed by atoms with van der Waals surface area (Å²) in [6, 6.07) is 0. The molecule has 2 saturated heterocycles. The van der Waals surface area contributed by atoms with Crippen molar-refractivity contribution >= 4 is 47.8 Å². The monoisotopic (exact) mass is 678 g/mol. The summed E-state index contributed by atoms with van der Waals surface area (Å²) in [6.07, 6.45) is -15.6. The Balaban J connectivity index is 2.56. The quantitative estimate of drug-likeness (QED) is 0.181. The first kappa shape index (κ1) is 38.8. The lowest BCUT2D eigenvalue weighted by Crippen LogP contribution is -2.65. The van der Waals surface area contributed by atoms with Gasteiger partial charge in [0.2, 0.25) is 12.4 Å². The molecule has 264 valence electrons. The van der Waals surface area contributed by atoms with E-state index in [1.165, 1.54) is 0 Å². The Morgan fingerprint density at radius 3 is 1.09 bits per heavy atom. The third kappa shape index (κ3) is 12.1. The van der Waals surface area contributed by atoms with Gasteiger partial charge in [-0.15, -0.1) is 0 Å². The SMILES string of the molecule is CC(=O)OC[C@H]1O[C@H](OC[C@H]2O[C@@H](OC(C)=O)[C@@H](OC(C)=O)[C@@H](OC(C)=O)[C@@H]2OC(C)=O)[C@@H](OC(C)=O)[C@@H](OC(C)=O)[C@@H]1OC(C)=O. The number of carbonyl (C=O) groups excluding carboxylic acids is 8. The molecule has 0 aromatic rings. The van der Waals surface area contributed by atoms with Gasteiger partial charge in [0.05, 0.1) is 6.61 Å². The minimum Gasteiger partial charge on any atom is -0.463 e. The van der Waals surface area contributed by atoms with Gasteiger partial charge in [-0.05, 0) is 0 Å². The maximum Gasteiger partial charge on any atom is 0.305 e. The van der Waals surface area contributed by atoms with Crippen LogP contribution in [-0.2, 0) is 90.5 Å². The van der Waals surface area contributed by atoms with Crippen molar-refractivity contribution in [2.24, 2.45) is 0 Å². The van der Waals surface area contributed by atoms with E-state index < -0.39 is 122 Å². The molecule has 2 aliphatic heterocycles. The number of esters is 8. The fraction of sp³-hybridized carbons (Fsp3) is 0.714. The zero-order valence-corrected chi connectivity index (χ0v) is 26.9. The molecule has 19 nitrogen and oxygen atoms in total. The van der Waals surface area contributed by atoms with Crippen LogP contribution in [0.15, 0.2) is 0 Å². The minimum absolute atomic E-state index is 0.541. The molecule has 0 radical (unpaired) electrons. The zero-order chi connectivity index (χ0) is 35.6. The number of carbonyl (C=O) groups is 8. The molecule has 10 atom stereocenters. The molecule has 0 aromatic carbocycles. The van der Waals surface area contributed by atoms with Crippen molar-refractivity contribution in [3.63, 3.8) is 0 Å². The van der Waals surface area contributed by atoms with E-state index in [2.05, 4.69) is 0 Å². The Morgan fingerprint density at radius 1 is 0.383 bits per heavy atom. The highest BCUT2D eigenvalue weighted by Crippen LogP contribution is 2.33. The van der Waals surface area contributed by atoms with Crippen molar-refractivity contribution in [3.05, 3.63) is 0 Å². The van der Waals surface area contributed by atoms with Crippen molar-refractivity contribution < 1.29 is 90.5 Å². The summed E-state index contributed by atoms with van der Waals surface area (Å²) in [5, 5.41) is 0. The molecule has 2 fully saturated rings. The van der Waals surface area contributed by atoms with Crippen LogP contribution in [0.2, 0.25) is 0 Å². The number of hydrogen-bond acceptors (Lipinski definition) is 19. The fourth-order valence-electron chi connectivity index (χ4n) is 4.76. The third-order valence-electron chi connectivity index (χ3n) is 6.15. The Hall–Kier alpha value is -4.36. The van der Waals surface area contributed by atoms with Crippen molar-refractivity contribution in [2.75, 3.05) is 13.2 Å². The molecule has 0 amide bonds. The molecule has 0 bridgehead atoms. The van der Waals surface area contributed by atoms with Crippen LogP contribution < -0.4 is 0 Å². The van der Waals surface area contributed by atoms with Crippen LogP contribution >= 0.6 is 0 Å². The van der Waals surface area contributed by atoms with E-state index in [0.29, 0.717) is 0 Å². The van der Waals surface area contributed by atoms with Crippen LogP contribution in [0.3, 0.4) is 0 Å². The van der Waals surface area contributed by atoms with Crippen LogP contribution in [0.25, 0.3) is 0 Å². The second kappa shape index (κ2) is 17.5. The highest BCUT2D eigenvalue weighted by molar-refractivity contribution is 5.70. The summed E-state index contributed by atoms with van der Waals surface area (Å²) in [7, 11) is 0. The summed E-state index contributed by atoms with van der Waals surface area (Å²) >= 11 is 0. The van der Waals surface area contributed by atoms with E-state index in [0.717, 1.165) is 55.4 Å². The lowest BCUT2D eigenvalue weighted by Gasteiger charge is -2.46. The Bertz CT molecular complexity index is 1200. The van der Waals surface area contributed by atoms with Crippen LogP contribution in [-0.4, -0.2) is 122 Å². The van der Waals surface area contributed by atoms with Gasteiger partial charge in [-0.25, -0.2) is 0 Å². The predicted molar refractivity (Wildman–Crippen MR) is 145 cm³/mol. The minimum atomic E-state index is -1.71. The van der Waals surface area contributed by atoms with E-state index >= 15 is 0 Å². The van der Waals surface area contributed by atoms with Gasteiger partial charge >= 0.3 is 47.8 Å². The van der Waals surface area contributed by atoms with Crippen molar-refractivity contribution in [2.45, 2.75) is 117 Å². The zero-order valence-electron chi connectivity index (χ0n) is 26.9. The molecule has 0 aromatic heterocycles. The van der Waals surface area contributed by atoms with Gasteiger partial charge in [0.1, 0.15) is 18.8 Å². The van der Waals surface area contributed by atoms with E-state index in [9.17, 15) is 38.4 Å². The van der Waals surface area contributed by atoms with Gasteiger partial charge in [-0.1, -0.05) is 0 Å². The molecule has 2 aliphatic rings. The largest absolute Gasteiger partial charge is 0.463 e. The smallest absolute Gasteiger partial charge is 0.305 e. The first-order valence-corrected chi connectivity index (χ1v) is 14.2. The summed E-state index contributed by atoms with van der Waals surface area (Å²) in [5.41, 5.74) is 0. The molecule has 0 N–H and O–H groups in total. The van der Waals surface area contributed by atoms with Gasteiger partial charge in [0.25, 0.3) is 0 Å². The van der Waals surface area contributed by atoms with Crippen LogP contribution in [0.4, 0.5) is 0 Å². The van der Waals surface area contributed by atoms with Crippen molar-refractivity contribution in [3.8, 4) is 0 Å². The standard InChI is InChI=1S/C28H38O19/c1-11(29)37-9-19-21(39-12(2)30)23(41-14(4)32)25(43-16(6)34)27(46-19)38-10-20-22(40-13(3)31)24(42-15(5)33)26(44-17(7)35)28(47-20)45-18(8)36/h19-28H,9-10H2,1-8H3/t19-,20-,21-,22-,23+,24+,25+,26+,27+,28-/m1/s1. The topological polar surface area (TPSA) is 238 Å². The lowest BCUT2D eigenvalue weighted by atomic mass is 9.97. The molecule has 19 heteroatoms. The van der Waals surface area contributed by atoms with Crippen LogP contribution in [0.5, 0.6) is 0 Å². The Kier molecular flexibility index (Phi) is 14.5. The highest BCUT2D eigenvalue weighted by Gasteiger charge is 2.56. The lowest BCUT2D eigenvalue weighted by molar-refractivity contribution is -0.331. The molecule has 0 unspecified atom stereocenters. The number of ether oxygens (including phenoxy) is 11. The van der Waals surface area contributed by atoms with Gasteiger partial charge in [-0.3, -0.25) is 38.4 Å². The average molecular weight is 679 g/mol. The second-order valence-corrected chi connectivity index (χ2v) is 10.3. The third-order valence-corrected chi connectivity index (χ3v) is 6.15. The first-order chi connectivity index (χ1) is 21.9. The molecule has 0 aliphatic carbocycles. The van der Waals surface area contributed by atoms with Crippen molar-refractivity contribution in [1.29, 1.82) is 0 Å². The second-order valence-electron chi connectivity index (χ2n) is 10.3. The maximum atomic E-state index is 12.1. The first-order valence-electron chi connectivity index (χ1n) is 14.2. The van der Waals surface area contributed by atoms with Crippen molar-refractivity contribution in [1.82, 2.24) is 0 Å². The van der Waals surface area contributed by atoms with Gasteiger partial charge < -0.3 is 52.1 Å². The molecular formula is C28H38O19. The summed E-state index contributed by atoms with van der Waals surface area (Å²) in [5.74, 6) is -6.93. The maximum absolute atomic E-state index is 12.1. The predicted octanol–water partition coefficient (Wildman–Crippen LogP) is -0.831. The molecular weight excluding hydrogens is 640 g/mol. The Morgan fingerprint density at radius 2 is 0.702 bits per heavy atom. The average Bonchev–Trinajstić information content (AvgIpc) is 2.91.